The van der Waals surface area contributed by atoms with Crippen LogP contribution in [0.15, 0.2) is 24.5 Å². The summed E-state index contributed by atoms with van der Waals surface area (Å²) in [5.41, 5.74) is 0.894. The second kappa shape index (κ2) is 4.03. The molecule has 1 rings (SSSR count). The summed E-state index contributed by atoms with van der Waals surface area (Å²) in [7, 11) is 0. The van der Waals surface area contributed by atoms with Crippen LogP contribution in [0.3, 0.4) is 0 Å². The number of Topliss-reactive ketones (excluding diaryl/α,β-unsaturated/α-hetero) is 1. The fourth-order valence-corrected chi connectivity index (χ4v) is 0.967. The Balaban J connectivity index is 2.65. The van der Waals surface area contributed by atoms with Crippen LogP contribution in [-0.4, -0.2) is 5.78 Å². The molecule has 0 radical (unpaired) electrons. The van der Waals surface area contributed by atoms with Gasteiger partial charge in [-0.1, -0.05) is 13.8 Å². The monoisotopic (exact) mass is 179 g/mol. The van der Waals surface area contributed by atoms with E-state index in [1.54, 1.807) is 12.1 Å². The van der Waals surface area contributed by atoms with Gasteiger partial charge in [0.1, 0.15) is 5.78 Å². The van der Waals surface area contributed by atoms with Crippen molar-refractivity contribution in [1.82, 2.24) is 0 Å². The van der Waals surface area contributed by atoms with Gasteiger partial charge >= 0.3 is 0 Å². The van der Waals surface area contributed by atoms with Gasteiger partial charge in [-0.3, -0.25) is 4.79 Å². The summed E-state index contributed by atoms with van der Waals surface area (Å²) in [5, 5.41) is 10.7. The maximum Gasteiger partial charge on any atom is 0.180 e. The molecular formula is C10H13NO2. The summed E-state index contributed by atoms with van der Waals surface area (Å²) in [5.74, 6) is 0.253. The van der Waals surface area contributed by atoms with Gasteiger partial charge in [0.05, 0.1) is 0 Å². The number of aromatic nitrogens is 1. The zero-order valence-corrected chi connectivity index (χ0v) is 7.86. The Morgan fingerprint density at radius 3 is 2.46 bits per heavy atom. The van der Waals surface area contributed by atoms with Crippen molar-refractivity contribution in [3.05, 3.63) is 35.3 Å². The van der Waals surface area contributed by atoms with Gasteiger partial charge < -0.3 is 5.21 Å². The number of pyridine rings is 1. The highest BCUT2D eigenvalue weighted by Gasteiger charge is 2.08. The Morgan fingerprint density at radius 2 is 2.00 bits per heavy atom. The number of hydrogen-bond acceptors (Lipinski definition) is 2. The Morgan fingerprint density at radius 1 is 1.46 bits per heavy atom. The Labute approximate surface area is 77.6 Å². The van der Waals surface area contributed by atoms with Crippen molar-refractivity contribution in [3.63, 3.8) is 0 Å². The molecule has 1 heterocycles. The van der Waals surface area contributed by atoms with Crippen molar-refractivity contribution < 1.29 is 9.52 Å². The molecule has 0 atom stereocenters. The van der Waals surface area contributed by atoms with E-state index in [0.29, 0.717) is 11.2 Å². The van der Waals surface area contributed by atoms with Gasteiger partial charge in [-0.25, -0.2) is 0 Å². The average molecular weight is 179 g/mol. The number of ketones is 1. The predicted molar refractivity (Wildman–Crippen MR) is 49.0 cm³/mol. The minimum absolute atomic E-state index is 0.0552. The molecule has 0 N–H and O–H groups in total. The highest BCUT2D eigenvalue weighted by atomic mass is 16.5. The standard InChI is InChI=1S/C10H13NO2/c1-8(2)10(12)7-9-3-5-11(13)6-4-9/h3-6,8H,7H2,1-2H3. The fraction of sp³-hybridized carbons (Fsp3) is 0.400. The second-order valence-corrected chi connectivity index (χ2v) is 3.36. The highest BCUT2D eigenvalue weighted by molar-refractivity contribution is 5.82. The number of nitrogens with zero attached hydrogens (tertiary/aromatic N) is 1. The molecule has 3 nitrogen and oxygen atoms in total. The summed E-state index contributed by atoms with van der Waals surface area (Å²) in [4.78, 5) is 11.3. The molecule has 0 amide bonds. The maximum atomic E-state index is 11.3. The molecule has 0 aromatic carbocycles. The summed E-state index contributed by atoms with van der Waals surface area (Å²) < 4.78 is 0.712. The topological polar surface area (TPSA) is 44.0 Å². The van der Waals surface area contributed by atoms with E-state index >= 15 is 0 Å². The number of carbonyl (C=O) groups excluding carboxylic acids is 1. The molecular weight excluding hydrogens is 166 g/mol. The van der Waals surface area contributed by atoms with E-state index in [1.165, 1.54) is 12.4 Å². The molecule has 0 spiro atoms. The summed E-state index contributed by atoms with van der Waals surface area (Å²) >= 11 is 0. The Hall–Kier alpha value is -1.38. The first-order valence-electron chi connectivity index (χ1n) is 4.30. The van der Waals surface area contributed by atoms with Crippen molar-refractivity contribution in [2.24, 2.45) is 5.92 Å². The first kappa shape index (κ1) is 9.71. The SMILES string of the molecule is CC(C)C(=O)Cc1cc[n+]([O-])cc1. The van der Waals surface area contributed by atoms with Crippen molar-refractivity contribution in [2.75, 3.05) is 0 Å². The Kier molecular flexibility index (Phi) is 3.01. The number of carbonyl (C=O) groups is 1. The fourth-order valence-electron chi connectivity index (χ4n) is 0.967. The van der Waals surface area contributed by atoms with Crippen molar-refractivity contribution in [2.45, 2.75) is 20.3 Å². The Bertz CT molecular complexity index is 290. The van der Waals surface area contributed by atoms with Crippen LogP contribution in [0.5, 0.6) is 0 Å². The molecule has 0 aliphatic rings. The lowest BCUT2D eigenvalue weighted by Gasteiger charge is -2.03. The summed E-state index contributed by atoms with van der Waals surface area (Å²) in [6, 6.07) is 3.35. The van der Waals surface area contributed by atoms with Crippen molar-refractivity contribution in [1.29, 1.82) is 0 Å². The van der Waals surface area contributed by atoms with Gasteiger partial charge in [-0.15, -0.1) is 0 Å². The van der Waals surface area contributed by atoms with Gasteiger partial charge in [-0.05, 0) is 5.56 Å². The second-order valence-electron chi connectivity index (χ2n) is 3.36. The summed E-state index contributed by atoms with van der Waals surface area (Å²) in [6.07, 6.45) is 3.23. The third kappa shape index (κ3) is 2.86. The molecule has 13 heavy (non-hydrogen) atoms. The van der Waals surface area contributed by atoms with Crippen LogP contribution in [0, 0.1) is 11.1 Å². The highest BCUT2D eigenvalue weighted by Crippen LogP contribution is 2.03. The lowest BCUT2D eigenvalue weighted by atomic mass is 10.0. The maximum absolute atomic E-state index is 11.3. The number of rotatable bonds is 3. The van der Waals surface area contributed by atoms with Gasteiger partial charge in [0.15, 0.2) is 12.4 Å². The van der Waals surface area contributed by atoms with Crippen molar-refractivity contribution >= 4 is 5.78 Å². The van der Waals surface area contributed by atoms with E-state index in [1.807, 2.05) is 13.8 Å². The minimum Gasteiger partial charge on any atom is -0.619 e. The molecule has 3 heteroatoms. The third-order valence-corrected chi connectivity index (χ3v) is 1.89. The van der Waals surface area contributed by atoms with E-state index in [2.05, 4.69) is 0 Å². The lowest BCUT2D eigenvalue weighted by molar-refractivity contribution is -0.605. The van der Waals surface area contributed by atoms with E-state index < -0.39 is 0 Å². The van der Waals surface area contributed by atoms with E-state index in [9.17, 15) is 10.0 Å². The molecule has 1 aromatic heterocycles. The van der Waals surface area contributed by atoms with Crippen LogP contribution < -0.4 is 4.73 Å². The zero-order valence-electron chi connectivity index (χ0n) is 7.86. The van der Waals surface area contributed by atoms with Crippen LogP contribution >= 0.6 is 0 Å². The van der Waals surface area contributed by atoms with E-state index in [4.69, 9.17) is 0 Å². The van der Waals surface area contributed by atoms with Crippen LogP contribution in [0.1, 0.15) is 19.4 Å². The number of hydrogen-bond donors (Lipinski definition) is 0. The molecule has 1 aromatic rings. The first-order chi connectivity index (χ1) is 6.09. The third-order valence-electron chi connectivity index (χ3n) is 1.89. The van der Waals surface area contributed by atoms with E-state index in [-0.39, 0.29) is 11.7 Å². The molecule has 70 valence electrons. The first-order valence-corrected chi connectivity index (χ1v) is 4.30. The van der Waals surface area contributed by atoms with Gasteiger partial charge in [-0.2, -0.15) is 4.73 Å². The minimum atomic E-state index is 0.0552. The van der Waals surface area contributed by atoms with Crippen LogP contribution in [0.2, 0.25) is 0 Å². The van der Waals surface area contributed by atoms with Gasteiger partial charge in [0.2, 0.25) is 0 Å². The smallest absolute Gasteiger partial charge is 0.180 e. The van der Waals surface area contributed by atoms with Gasteiger partial charge in [0.25, 0.3) is 0 Å². The molecule has 0 saturated heterocycles. The van der Waals surface area contributed by atoms with Crippen LogP contribution in [0.25, 0.3) is 0 Å². The van der Waals surface area contributed by atoms with Crippen LogP contribution in [-0.2, 0) is 11.2 Å². The normalized spacial score (nSPS) is 10.4. The largest absolute Gasteiger partial charge is 0.619 e. The molecule has 0 saturated carbocycles. The van der Waals surface area contributed by atoms with E-state index in [0.717, 1.165) is 5.56 Å². The van der Waals surface area contributed by atoms with Crippen molar-refractivity contribution in [3.8, 4) is 0 Å². The van der Waals surface area contributed by atoms with Gasteiger partial charge in [0, 0.05) is 24.5 Å². The van der Waals surface area contributed by atoms with Crippen LogP contribution in [0.4, 0.5) is 0 Å². The zero-order chi connectivity index (χ0) is 9.84. The quantitative estimate of drug-likeness (QED) is 0.515. The lowest BCUT2D eigenvalue weighted by Crippen LogP contribution is -2.24. The molecule has 0 unspecified atom stereocenters. The molecule has 0 aliphatic heterocycles. The molecule has 0 aliphatic carbocycles. The summed E-state index contributed by atoms with van der Waals surface area (Å²) in [6.45, 7) is 3.75. The molecule has 0 bridgehead atoms. The molecule has 0 fully saturated rings. The average Bonchev–Trinajstić information content (AvgIpc) is 2.08. The predicted octanol–water partition coefficient (Wildman–Crippen LogP) is 1.09.